The summed E-state index contributed by atoms with van der Waals surface area (Å²) >= 11 is 26.1. The minimum atomic E-state index is -3.54. The first-order chi connectivity index (χ1) is 15.1. The Labute approximate surface area is 212 Å². The molecule has 32 heavy (non-hydrogen) atoms. The van der Waals surface area contributed by atoms with Gasteiger partial charge in [0, 0.05) is 40.0 Å². The number of aromatic nitrogens is 1. The first kappa shape index (κ1) is 24.1. The number of hydrogen-bond donors (Lipinski definition) is 0. The number of benzene rings is 2. The molecule has 0 aliphatic carbocycles. The molecule has 0 N–H and O–H groups in total. The summed E-state index contributed by atoms with van der Waals surface area (Å²) in [6.07, 6.45) is 1.64. The lowest BCUT2D eigenvalue weighted by Crippen LogP contribution is -2.39. The Morgan fingerprint density at radius 3 is 2.44 bits per heavy atom. The summed E-state index contributed by atoms with van der Waals surface area (Å²) in [4.78, 5) is 7.04. The van der Waals surface area contributed by atoms with Gasteiger partial charge >= 0.3 is 0 Å². The molecule has 2 aromatic carbocycles. The van der Waals surface area contributed by atoms with Crippen molar-refractivity contribution >= 4 is 72.7 Å². The van der Waals surface area contributed by atoms with Gasteiger partial charge in [-0.15, -0.1) is 11.3 Å². The standard InChI is InChI=1S/C22H20Cl4N2O2S2/c1-13-8-21(20(26)11-18(13)24)32(29,30)17-4-6-28(7-5-17)22-27-16(12-31-22)9-14-2-3-15(23)10-19(14)25/h2-3,8,10-12,17H,4-7,9H2,1H3. The van der Waals surface area contributed by atoms with Crippen LogP contribution in [0.2, 0.25) is 20.1 Å². The van der Waals surface area contributed by atoms with Crippen molar-refractivity contribution in [2.75, 3.05) is 18.0 Å². The van der Waals surface area contributed by atoms with Crippen molar-refractivity contribution in [2.45, 2.75) is 36.3 Å². The molecule has 1 fully saturated rings. The summed E-state index contributed by atoms with van der Waals surface area (Å²) in [6.45, 7) is 3.00. The molecule has 1 aliphatic heterocycles. The summed E-state index contributed by atoms with van der Waals surface area (Å²) in [5.41, 5.74) is 2.59. The van der Waals surface area contributed by atoms with E-state index in [4.69, 9.17) is 51.4 Å². The summed E-state index contributed by atoms with van der Waals surface area (Å²) in [6, 6.07) is 8.52. The van der Waals surface area contributed by atoms with Crippen molar-refractivity contribution in [1.82, 2.24) is 4.98 Å². The van der Waals surface area contributed by atoms with Crippen molar-refractivity contribution < 1.29 is 8.42 Å². The van der Waals surface area contributed by atoms with Gasteiger partial charge in [0.15, 0.2) is 15.0 Å². The first-order valence-corrected chi connectivity index (χ1v) is 13.9. The van der Waals surface area contributed by atoms with E-state index >= 15 is 0 Å². The van der Waals surface area contributed by atoms with Crippen LogP contribution in [-0.4, -0.2) is 31.7 Å². The molecule has 0 unspecified atom stereocenters. The average Bonchev–Trinajstić information content (AvgIpc) is 3.21. The number of rotatable bonds is 5. The van der Waals surface area contributed by atoms with Crippen molar-refractivity contribution in [2.24, 2.45) is 0 Å². The number of hydrogen-bond acceptors (Lipinski definition) is 5. The molecular formula is C22H20Cl4N2O2S2. The average molecular weight is 550 g/mol. The van der Waals surface area contributed by atoms with Crippen molar-refractivity contribution in [3.05, 3.63) is 72.6 Å². The third kappa shape index (κ3) is 5.06. The normalized spacial score (nSPS) is 15.3. The van der Waals surface area contributed by atoms with E-state index in [-0.39, 0.29) is 9.92 Å². The zero-order valence-corrected chi connectivity index (χ0v) is 21.8. The second kappa shape index (κ2) is 9.69. The number of aryl methyl sites for hydroxylation is 1. The first-order valence-electron chi connectivity index (χ1n) is 9.98. The summed E-state index contributed by atoms with van der Waals surface area (Å²) in [5.74, 6) is 0. The van der Waals surface area contributed by atoms with Crippen LogP contribution in [0.3, 0.4) is 0 Å². The van der Waals surface area contributed by atoms with Gasteiger partial charge in [0.1, 0.15) is 0 Å². The zero-order valence-electron chi connectivity index (χ0n) is 17.1. The molecule has 4 nitrogen and oxygen atoms in total. The smallest absolute Gasteiger partial charge is 0.185 e. The van der Waals surface area contributed by atoms with E-state index in [1.165, 1.54) is 6.07 Å². The fourth-order valence-corrected chi connectivity index (χ4v) is 7.69. The van der Waals surface area contributed by atoms with E-state index in [1.54, 1.807) is 30.4 Å². The number of nitrogens with zero attached hydrogens (tertiary/aromatic N) is 2. The van der Waals surface area contributed by atoms with Crippen LogP contribution < -0.4 is 4.90 Å². The van der Waals surface area contributed by atoms with Crippen LogP contribution in [0.1, 0.15) is 29.7 Å². The highest BCUT2D eigenvalue weighted by Crippen LogP contribution is 2.34. The van der Waals surface area contributed by atoms with Crippen molar-refractivity contribution in [3.63, 3.8) is 0 Å². The summed E-state index contributed by atoms with van der Waals surface area (Å²) in [5, 5.41) is 4.28. The molecule has 10 heteroatoms. The van der Waals surface area contributed by atoms with Gasteiger partial charge in [-0.1, -0.05) is 52.5 Å². The van der Waals surface area contributed by atoms with Crippen molar-refractivity contribution in [1.29, 1.82) is 0 Å². The van der Waals surface area contributed by atoms with Crippen LogP contribution in [0.4, 0.5) is 5.13 Å². The molecule has 1 saturated heterocycles. The Morgan fingerprint density at radius 2 is 1.75 bits per heavy atom. The van der Waals surface area contributed by atoms with Crippen molar-refractivity contribution in [3.8, 4) is 0 Å². The lowest BCUT2D eigenvalue weighted by Gasteiger charge is -2.31. The Kier molecular flexibility index (Phi) is 7.30. The van der Waals surface area contributed by atoms with E-state index < -0.39 is 15.1 Å². The number of thiazole rings is 1. The fourth-order valence-electron chi connectivity index (χ4n) is 3.77. The molecule has 0 saturated carbocycles. The largest absolute Gasteiger partial charge is 0.348 e. The van der Waals surface area contributed by atoms with Gasteiger partial charge in [-0.25, -0.2) is 13.4 Å². The maximum atomic E-state index is 13.2. The molecular weight excluding hydrogens is 530 g/mol. The molecule has 1 aromatic heterocycles. The molecule has 0 radical (unpaired) electrons. The predicted molar refractivity (Wildman–Crippen MR) is 135 cm³/mol. The molecule has 0 amide bonds. The Hall–Kier alpha value is -1.02. The van der Waals surface area contributed by atoms with Gasteiger partial charge < -0.3 is 4.90 Å². The lowest BCUT2D eigenvalue weighted by molar-refractivity contribution is 0.529. The molecule has 170 valence electrons. The van der Waals surface area contributed by atoms with Gasteiger partial charge in [-0.05, 0) is 55.2 Å². The van der Waals surface area contributed by atoms with E-state index in [1.807, 2.05) is 17.5 Å². The van der Waals surface area contributed by atoms with Crippen LogP contribution >= 0.6 is 57.7 Å². The zero-order chi connectivity index (χ0) is 23.0. The third-order valence-corrected chi connectivity index (χ3v) is 10.3. The van der Waals surface area contributed by atoms with E-state index in [0.717, 1.165) is 16.4 Å². The van der Waals surface area contributed by atoms with Gasteiger partial charge in [-0.2, -0.15) is 0 Å². The van der Waals surface area contributed by atoms with Gasteiger partial charge in [0.2, 0.25) is 0 Å². The minimum Gasteiger partial charge on any atom is -0.348 e. The summed E-state index contributed by atoms with van der Waals surface area (Å²) < 4.78 is 26.4. The lowest BCUT2D eigenvalue weighted by atomic mass is 10.1. The second-order valence-electron chi connectivity index (χ2n) is 7.80. The highest BCUT2D eigenvalue weighted by atomic mass is 35.5. The second-order valence-corrected chi connectivity index (χ2v) is 12.5. The highest BCUT2D eigenvalue weighted by molar-refractivity contribution is 7.92. The predicted octanol–water partition coefficient (Wildman–Crippen LogP) is 7.10. The molecule has 4 rings (SSSR count). The Bertz CT molecular complexity index is 1250. The molecule has 2 heterocycles. The maximum Gasteiger partial charge on any atom is 0.185 e. The van der Waals surface area contributed by atoms with E-state index in [0.29, 0.717) is 53.0 Å². The molecule has 3 aromatic rings. The van der Waals surface area contributed by atoms with Crippen LogP contribution in [0.5, 0.6) is 0 Å². The maximum absolute atomic E-state index is 13.2. The quantitative estimate of drug-likeness (QED) is 0.340. The summed E-state index contributed by atoms with van der Waals surface area (Å²) in [7, 11) is -3.54. The van der Waals surface area contributed by atoms with Crippen LogP contribution in [0.15, 0.2) is 40.6 Å². The minimum absolute atomic E-state index is 0.163. The Morgan fingerprint density at radius 1 is 1.03 bits per heavy atom. The number of sulfone groups is 1. The fraction of sp³-hybridized carbons (Fsp3) is 0.318. The number of piperidine rings is 1. The SMILES string of the molecule is Cc1cc(S(=O)(=O)C2CCN(c3nc(Cc4ccc(Cl)cc4Cl)cs3)CC2)c(Cl)cc1Cl. The topological polar surface area (TPSA) is 50.3 Å². The van der Waals surface area contributed by atoms with Gasteiger partial charge in [-0.3, -0.25) is 0 Å². The number of halogens is 4. The van der Waals surface area contributed by atoms with Crippen LogP contribution in [-0.2, 0) is 16.3 Å². The molecule has 0 spiro atoms. The van der Waals surface area contributed by atoms with Gasteiger partial charge in [0.25, 0.3) is 0 Å². The highest BCUT2D eigenvalue weighted by Gasteiger charge is 2.33. The van der Waals surface area contributed by atoms with Crippen LogP contribution in [0, 0.1) is 6.92 Å². The molecule has 0 bridgehead atoms. The van der Waals surface area contributed by atoms with E-state index in [2.05, 4.69) is 4.90 Å². The van der Waals surface area contributed by atoms with E-state index in [9.17, 15) is 8.42 Å². The molecule has 0 atom stereocenters. The number of anilines is 1. The van der Waals surface area contributed by atoms with Gasteiger partial charge in [0.05, 0.1) is 20.9 Å². The monoisotopic (exact) mass is 548 g/mol. The third-order valence-electron chi connectivity index (χ3n) is 5.60. The Balaban J connectivity index is 1.43. The van der Waals surface area contributed by atoms with Crippen LogP contribution in [0.25, 0.3) is 0 Å². The molecule has 1 aliphatic rings.